The molecule has 142 valence electrons. The lowest BCUT2D eigenvalue weighted by Crippen LogP contribution is -2.48. The summed E-state index contributed by atoms with van der Waals surface area (Å²) in [7, 11) is 0. The van der Waals surface area contributed by atoms with E-state index in [1.54, 1.807) is 11.3 Å². The molecule has 1 amide bonds. The molecule has 5 rings (SSSR count). The Labute approximate surface area is 171 Å². The van der Waals surface area contributed by atoms with Gasteiger partial charge >= 0.3 is 0 Å². The molecule has 5 nitrogen and oxygen atoms in total. The zero-order chi connectivity index (χ0) is 19.3. The van der Waals surface area contributed by atoms with E-state index in [0.717, 1.165) is 34.0 Å². The maximum atomic E-state index is 12.9. The molecule has 0 bridgehead atoms. The summed E-state index contributed by atoms with van der Waals surface area (Å²) in [5, 5.41) is 1.64. The zero-order valence-electron chi connectivity index (χ0n) is 15.8. The number of fused-ring (bicyclic) bond motifs is 2. The highest BCUT2D eigenvalue weighted by atomic mass is 32.1. The molecule has 28 heavy (non-hydrogen) atoms. The fourth-order valence-corrected chi connectivity index (χ4v) is 5.56. The minimum atomic E-state index is 0.0385. The van der Waals surface area contributed by atoms with Gasteiger partial charge in [-0.15, -0.1) is 11.3 Å². The predicted molar refractivity (Wildman–Crippen MR) is 117 cm³/mol. The van der Waals surface area contributed by atoms with E-state index in [2.05, 4.69) is 35.9 Å². The van der Waals surface area contributed by atoms with E-state index in [1.165, 1.54) is 27.2 Å². The van der Waals surface area contributed by atoms with Crippen LogP contribution in [0.4, 0.5) is 5.13 Å². The maximum Gasteiger partial charge on any atom is 0.282 e. The fourth-order valence-electron chi connectivity index (χ4n) is 3.55. The van der Waals surface area contributed by atoms with Crippen LogP contribution in [0.2, 0.25) is 0 Å². The highest BCUT2D eigenvalue weighted by molar-refractivity contribution is 7.22. The molecule has 0 atom stereocenters. The first-order valence-electron chi connectivity index (χ1n) is 9.37. The Morgan fingerprint density at radius 2 is 1.71 bits per heavy atom. The fraction of sp³-hybridized carbons (Fsp3) is 0.286. The van der Waals surface area contributed by atoms with Crippen LogP contribution >= 0.6 is 22.7 Å². The lowest BCUT2D eigenvalue weighted by Gasteiger charge is -2.34. The molecule has 2 aromatic carbocycles. The second kappa shape index (κ2) is 6.83. The number of anilines is 1. The van der Waals surface area contributed by atoms with Crippen molar-refractivity contribution < 1.29 is 4.79 Å². The average molecular weight is 409 g/mol. The van der Waals surface area contributed by atoms with Gasteiger partial charge < -0.3 is 9.80 Å². The van der Waals surface area contributed by atoms with E-state index in [4.69, 9.17) is 4.98 Å². The summed E-state index contributed by atoms with van der Waals surface area (Å²) in [6.45, 7) is 7.25. The van der Waals surface area contributed by atoms with E-state index in [0.29, 0.717) is 18.1 Å². The largest absolute Gasteiger partial charge is 0.345 e. The number of amides is 1. The van der Waals surface area contributed by atoms with Gasteiger partial charge in [-0.05, 0) is 43.2 Å². The molecule has 3 heterocycles. The van der Waals surface area contributed by atoms with Crippen LogP contribution in [-0.2, 0) is 0 Å². The summed E-state index contributed by atoms with van der Waals surface area (Å²) in [4.78, 5) is 26.5. The molecule has 0 saturated carbocycles. The van der Waals surface area contributed by atoms with E-state index in [9.17, 15) is 4.79 Å². The molecule has 0 aliphatic carbocycles. The van der Waals surface area contributed by atoms with Crippen molar-refractivity contribution in [3.63, 3.8) is 0 Å². The van der Waals surface area contributed by atoms with Crippen LogP contribution in [0, 0.1) is 13.8 Å². The van der Waals surface area contributed by atoms with Crippen molar-refractivity contribution in [2.75, 3.05) is 31.1 Å². The van der Waals surface area contributed by atoms with Crippen molar-refractivity contribution >= 4 is 54.1 Å². The first-order valence-corrected chi connectivity index (χ1v) is 11.0. The number of hydrogen-bond donors (Lipinski definition) is 0. The quantitative estimate of drug-likeness (QED) is 0.490. The molecular formula is C21H20N4OS2. The number of aryl methyl sites for hydroxylation is 2. The van der Waals surface area contributed by atoms with E-state index >= 15 is 0 Å². The normalized spacial score (nSPS) is 14.9. The van der Waals surface area contributed by atoms with Gasteiger partial charge in [0, 0.05) is 26.2 Å². The summed E-state index contributed by atoms with van der Waals surface area (Å²) in [6, 6.07) is 12.2. The van der Waals surface area contributed by atoms with E-state index in [1.807, 2.05) is 29.2 Å². The van der Waals surface area contributed by atoms with Gasteiger partial charge in [0.2, 0.25) is 0 Å². The standard InChI is InChI=1S/C21H20N4OS2/c1-13-7-8-17-18(14(13)2)23-21(28-17)25-11-9-24(10-12-25)20(26)19-22-15-5-3-4-6-16(15)27-19/h3-8H,9-12H2,1-2H3. The number of piperazine rings is 1. The maximum absolute atomic E-state index is 12.9. The number of thiazole rings is 2. The van der Waals surface area contributed by atoms with Gasteiger partial charge in [-0.2, -0.15) is 0 Å². The van der Waals surface area contributed by atoms with Gasteiger partial charge in [0.25, 0.3) is 5.91 Å². The monoisotopic (exact) mass is 408 g/mol. The van der Waals surface area contributed by atoms with E-state index in [-0.39, 0.29) is 5.91 Å². The lowest BCUT2D eigenvalue weighted by atomic mass is 10.1. The Kier molecular flexibility index (Phi) is 4.29. The first kappa shape index (κ1) is 17.6. The number of para-hydroxylation sites is 1. The van der Waals surface area contributed by atoms with Crippen LogP contribution < -0.4 is 4.90 Å². The molecular weight excluding hydrogens is 388 g/mol. The van der Waals surface area contributed by atoms with Gasteiger partial charge in [0.05, 0.1) is 20.4 Å². The van der Waals surface area contributed by atoms with Crippen LogP contribution in [0.25, 0.3) is 20.4 Å². The molecule has 1 fully saturated rings. The minimum Gasteiger partial charge on any atom is -0.345 e. The van der Waals surface area contributed by atoms with Crippen molar-refractivity contribution in [2.24, 2.45) is 0 Å². The topological polar surface area (TPSA) is 49.3 Å². The molecule has 1 aliphatic heterocycles. The van der Waals surface area contributed by atoms with Gasteiger partial charge in [0.15, 0.2) is 10.1 Å². The second-order valence-electron chi connectivity index (χ2n) is 7.12. The third kappa shape index (κ3) is 2.95. The van der Waals surface area contributed by atoms with Gasteiger partial charge in [-0.25, -0.2) is 9.97 Å². The van der Waals surface area contributed by atoms with Crippen LogP contribution in [0.15, 0.2) is 36.4 Å². The molecule has 0 spiro atoms. The third-order valence-electron chi connectivity index (χ3n) is 5.39. The number of hydrogen-bond acceptors (Lipinski definition) is 6. The summed E-state index contributed by atoms with van der Waals surface area (Å²) in [5.74, 6) is 0.0385. The van der Waals surface area contributed by atoms with Crippen molar-refractivity contribution in [2.45, 2.75) is 13.8 Å². The summed E-state index contributed by atoms with van der Waals surface area (Å²) >= 11 is 3.21. The van der Waals surface area contributed by atoms with Crippen molar-refractivity contribution in [3.8, 4) is 0 Å². The van der Waals surface area contributed by atoms with Crippen molar-refractivity contribution in [1.29, 1.82) is 0 Å². The molecule has 0 radical (unpaired) electrons. The van der Waals surface area contributed by atoms with Gasteiger partial charge in [-0.3, -0.25) is 4.79 Å². The molecule has 7 heteroatoms. The number of aromatic nitrogens is 2. The summed E-state index contributed by atoms with van der Waals surface area (Å²) in [6.07, 6.45) is 0. The molecule has 0 N–H and O–H groups in total. The first-order chi connectivity index (χ1) is 13.6. The second-order valence-corrected chi connectivity index (χ2v) is 9.16. The van der Waals surface area contributed by atoms with Crippen LogP contribution in [0.3, 0.4) is 0 Å². The molecule has 4 aromatic rings. The van der Waals surface area contributed by atoms with Gasteiger partial charge in [-0.1, -0.05) is 29.5 Å². The van der Waals surface area contributed by atoms with Crippen LogP contribution in [0.5, 0.6) is 0 Å². The lowest BCUT2D eigenvalue weighted by molar-refractivity contribution is 0.0746. The van der Waals surface area contributed by atoms with Crippen LogP contribution in [0.1, 0.15) is 20.9 Å². The Bertz CT molecular complexity index is 1150. The Balaban J connectivity index is 1.32. The van der Waals surface area contributed by atoms with Crippen LogP contribution in [-0.4, -0.2) is 47.0 Å². The van der Waals surface area contributed by atoms with Gasteiger partial charge in [0.1, 0.15) is 0 Å². The Hall–Kier alpha value is -2.51. The van der Waals surface area contributed by atoms with E-state index < -0.39 is 0 Å². The Morgan fingerprint density at radius 1 is 0.929 bits per heavy atom. The molecule has 1 aliphatic rings. The SMILES string of the molecule is Cc1ccc2sc(N3CCN(C(=O)c4nc5ccccc5s4)CC3)nc2c1C. The number of benzene rings is 2. The number of rotatable bonds is 2. The number of nitrogens with zero attached hydrogens (tertiary/aromatic N) is 4. The molecule has 1 saturated heterocycles. The Morgan fingerprint density at radius 3 is 2.50 bits per heavy atom. The summed E-state index contributed by atoms with van der Waals surface area (Å²) in [5.41, 5.74) is 4.53. The average Bonchev–Trinajstić information content (AvgIpc) is 3.35. The highest BCUT2D eigenvalue weighted by Crippen LogP contribution is 2.32. The highest BCUT2D eigenvalue weighted by Gasteiger charge is 2.26. The molecule has 0 unspecified atom stereocenters. The summed E-state index contributed by atoms with van der Waals surface area (Å²) < 4.78 is 2.29. The third-order valence-corrected chi connectivity index (χ3v) is 7.49. The zero-order valence-corrected chi connectivity index (χ0v) is 17.4. The predicted octanol–water partition coefficient (Wildman–Crippen LogP) is 4.49. The van der Waals surface area contributed by atoms with Crippen molar-refractivity contribution in [1.82, 2.24) is 14.9 Å². The molecule has 2 aromatic heterocycles. The number of carbonyl (C=O) groups excluding carboxylic acids is 1. The minimum absolute atomic E-state index is 0.0385. The van der Waals surface area contributed by atoms with Crippen molar-refractivity contribution in [3.05, 3.63) is 52.5 Å². The number of carbonyl (C=O) groups is 1. The smallest absolute Gasteiger partial charge is 0.282 e.